The Morgan fingerprint density at radius 1 is 1.08 bits per heavy atom. The first kappa shape index (κ1) is 19.0. The maximum absolute atomic E-state index is 12.2. The van der Waals surface area contributed by atoms with Crippen molar-refractivity contribution >= 4 is 33.0 Å². The van der Waals surface area contributed by atoms with Crippen molar-refractivity contribution in [3.63, 3.8) is 0 Å². The van der Waals surface area contributed by atoms with E-state index >= 15 is 0 Å². The number of hydrogen-bond donors (Lipinski definition) is 0. The van der Waals surface area contributed by atoms with Gasteiger partial charge in [0, 0.05) is 34.7 Å². The quantitative estimate of drug-likeness (QED) is 0.341. The maximum Gasteiger partial charge on any atom is 0.163 e. The summed E-state index contributed by atoms with van der Waals surface area (Å²) >= 11 is 5.04. The van der Waals surface area contributed by atoms with Crippen LogP contribution < -0.4 is 0 Å². The number of carbonyl (C=O) groups is 1. The summed E-state index contributed by atoms with van der Waals surface area (Å²) in [6.45, 7) is 6.19. The number of carbonyl (C=O) groups excluding carboxylic acids is 1. The molecule has 1 heterocycles. The molecule has 2 aromatic carbocycles. The number of thiazole rings is 1. The SMILES string of the molecule is Cc1ccc(-c2csc(Cc3cc(C)c(C(=O)CCBr)cc3C)n2)cc1. The van der Waals surface area contributed by atoms with Crippen LogP contribution in [0.2, 0.25) is 0 Å². The van der Waals surface area contributed by atoms with Crippen molar-refractivity contribution in [2.45, 2.75) is 33.6 Å². The highest BCUT2D eigenvalue weighted by atomic mass is 79.9. The smallest absolute Gasteiger partial charge is 0.163 e. The molecular weight excluding hydrogens is 406 g/mol. The standard InChI is InChI=1S/C22H22BrNOS/c1-14-4-6-17(7-5-14)20-13-26-22(24-20)12-18-10-16(3)19(11-15(18)2)21(25)8-9-23/h4-7,10-11,13H,8-9,12H2,1-3H3. The summed E-state index contributed by atoms with van der Waals surface area (Å²) < 4.78 is 0. The molecular formula is C22H22BrNOS. The van der Waals surface area contributed by atoms with Crippen LogP contribution in [-0.4, -0.2) is 16.1 Å². The number of halogens is 1. The van der Waals surface area contributed by atoms with Gasteiger partial charge in [-0.15, -0.1) is 11.3 Å². The number of aromatic nitrogens is 1. The van der Waals surface area contributed by atoms with Crippen molar-refractivity contribution in [3.8, 4) is 11.3 Å². The first-order valence-electron chi connectivity index (χ1n) is 8.68. The van der Waals surface area contributed by atoms with Crippen LogP contribution in [-0.2, 0) is 6.42 Å². The molecule has 4 heteroatoms. The van der Waals surface area contributed by atoms with E-state index in [1.807, 2.05) is 13.0 Å². The maximum atomic E-state index is 12.2. The van der Waals surface area contributed by atoms with E-state index in [0.717, 1.165) is 39.4 Å². The fourth-order valence-corrected chi connectivity index (χ4v) is 4.19. The van der Waals surface area contributed by atoms with E-state index in [-0.39, 0.29) is 5.78 Å². The molecule has 0 amide bonds. The van der Waals surface area contributed by atoms with Crippen LogP contribution in [0.25, 0.3) is 11.3 Å². The Balaban J connectivity index is 1.82. The zero-order valence-electron chi connectivity index (χ0n) is 15.3. The van der Waals surface area contributed by atoms with Gasteiger partial charge in [-0.2, -0.15) is 0 Å². The largest absolute Gasteiger partial charge is 0.294 e. The molecule has 134 valence electrons. The molecule has 0 aliphatic carbocycles. The third-order valence-electron chi connectivity index (χ3n) is 4.55. The molecule has 3 rings (SSSR count). The number of ketones is 1. The minimum absolute atomic E-state index is 0.199. The summed E-state index contributed by atoms with van der Waals surface area (Å²) in [4.78, 5) is 17.0. The van der Waals surface area contributed by atoms with E-state index in [2.05, 4.69) is 65.5 Å². The van der Waals surface area contributed by atoms with Crippen LogP contribution in [0, 0.1) is 20.8 Å². The Bertz CT molecular complexity index is 928. The molecule has 0 saturated carbocycles. The van der Waals surface area contributed by atoms with E-state index in [4.69, 9.17) is 4.98 Å². The molecule has 0 aliphatic rings. The summed E-state index contributed by atoms with van der Waals surface area (Å²) in [5.74, 6) is 0.199. The average Bonchev–Trinajstić information content (AvgIpc) is 3.07. The number of Topliss-reactive ketones (excluding diaryl/α,β-unsaturated/α-hetero) is 1. The Kier molecular flexibility index (Phi) is 6.05. The number of rotatable bonds is 6. The predicted octanol–water partition coefficient (Wildman–Crippen LogP) is 6.29. The van der Waals surface area contributed by atoms with Crippen molar-refractivity contribution in [1.82, 2.24) is 4.98 Å². The number of hydrogen-bond acceptors (Lipinski definition) is 3. The van der Waals surface area contributed by atoms with Gasteiger partial charge in [0.25, 0.3) is 0 Å². The van der Waals surface area contributed by atoms with E-state index < -0.39 is 0 Å². The van der Waals surface area contributed by atoms with Crippen molar-refractivity contribution in [3.05, 3.63) is 74.6 Å². The zero-order valence-corrected chi connectivity index (χ0v) is 17.7. The zero-order chi connectivity index (χ0) is 18.7. The van der Waals surface area contributed by atoms with Gasteiger partial charge in [-0.25, -0.2) is 4.98 Å². The monoisotopic (exact) mass is 427 g/mol. The van der Waals surface area contributed by atoms with Gasteiger partial charge < -0.3 is 0 Å². The van der Waals surface area contributed by atoms with Gasteiger partial charge in [0.2, 0.25) is 0 Å². The van der Waals surface area contributed by atoms with Crippen LogP contribution in [0.4, 0.5) is 0 Å². The number of alkyl halides is 1. The fourth-order valence-electron chi connectivity index (χ4n) is 3.00. The van der Waals surface area contributed by atoms with Crippen LogP contribution in [0.5, 0.6) is 0 Å². The molecule has 0 saturated heterocycles. The summed E-state index contributed by atoms with van der Waals surface area (Å²) in [6, 6.07) is 12.6. The van der Waals surface area contributed by atoms with E-state index in [9.17, 15) is 4.79 Å². The van der Waals surface area contributed by atoms with E-state index in [1.54, 1.807) is 11.3 Å². The molecule has 0 atom stereocenters. The van der Waals surface area contributed by atoms with Gasteiger partial charge in [-0.1, -0.05) is 51.8 Å². The lowest BCUT2D eigenvalue weighted by molar-refractivity contribution is 0.0989. The highest BCUT2D eigenvalue weighted by Gasteiger charge is 2.13. The highest BCUT2D eigenvalue weighted by molar-refractivity contribution is 9.09. The lowest BCUT2D eigenvalue weighted by Crippen LogP contribution is -2.05. The molecule has 2 nitrogen and oxygen atoms in total. The Morgan fingerprint density at radius 2 is 1.81 bits per heavy atom. The average molecular weight is 428 g/mol. The molecule has 1 aromatic heterocycles. The van der Waals surface area contributed by atoms with Crippen LogP contribution in [0.15, 0.2) is 41.8 Å². The second kappa shape index (κ2) is 8.28. The molecule has 0 unspecified atom stereocenters. The highest BCUT2D eigenvalue weighted by Crippen LogP contribution is 2.26. The molecule has 0 N–H and O–H groups in total. The van der Waals surface area contributed by atoms with Crippen molar-refractivity contribution in [2.24, 2.45) is 0 Å². The molecule has 0 aliphatic heterocycles. The van der Waals surface area contributed by atoms with Gasteiger partial charge in [0.05, 0.1) is 10.7 Å². The lowest BCUT2D eigenvalue weighted by Gasteiger charge is -2.10. The molecule has 0 radical (unpaired) electrons. The van der Waals surface area contributed by atoms with E-state index in [1.165, 1.54) is 11.1 Å². The van der Waals surface area contributed by atoms with Crippen molar-refractivity contribution in [1.29, 1.82) is 0 Å². The number of benzene rings is 2. The summed E-state index contributed by atoms with van der Waals surface area (Å²) in [6.07, 6.45) is 1.34. The Morgan fingerprint density at radius 3 is 2.50 bits per heavy atom. The Labute approximate surface area is 167 Å². The van der Waals surface area contributed by atoms with Crippen LogP contribution >= 0.6 is 27.3 Å². The third kappa shape index (κ3) is 4.30. The normalized spacial score (nSPS) is 10.9. The number of nitrogens with zero attached hydrogens (tertiary/aromatic N) is 1. The van der Waals surface area contributed by atoms with E-state index in [0.29, 0.717) is 11.8 Å². The lowest BCUT2D eigenvalue weighted by atomic mass is 9.95. The van der Waals surface area contributed by atoms with Gasteiger partial charge >= 0.3 is 0 Å². The van der Waals surface area contributed by atoms with Gasteiger partial charge in [-0.05, 0) is 43.5 Å². The summed E-state index contributed by atoms with van der Waals surface area (Å²) in [7, 11) is 0. The van der Waals surface area contributed by atoms with Crippen molar-refractivity contribution in [2.75, 3.05) is 5.33 Å². The summed E-state index contributed by atoms with van der Waals surface area (Å²) in [5, 5.41) is 3.92. The minimum atomic E-state index is 0.199. The molecule has 0 bridgehead atoms. The topological polar surface area (TPSA) is 30.0 Å². The molecule has 26 heavy (non-hydrogen) atoms. The molecule has 3 aromatic rings. The summed E-state index contributed by atoms with van der Waals surface area (Å²) in [5.41, 5.74) is 7.72. The fraction of sp³-hybridized carbons (Fsp3) is 0.273. The predicted molar refractivity (Wildman–Crippen MR) is 114 cm³/mol. The number of aryl methyl sites for hydroxylation is 3. The molecule has 0 fully saturated rings. The van der Waals surface area contributed by atoms with Gasteiger partial charge in [0.15, 0.2) is 5.78 Å². The van der Waals surface area contributed by atoms with Crippen molar-refractivity contribution < 1.29 is 4.79 Å². The second-order valence-corrected chi connectivity index (χ2v) is 8.36. The molecule has 0 spiro atoms. The van der Waals surface area contributed by atoms with Crippen LogP contribution in [0.1, 0.15) is 44.0 Å². The van der Waals surface area contributed by atoms with Gasteiger partial charge in [0.1, 0.15) is 0 Å². The van der Waals surface area contributed by atoms with Crippen LogP contribution in [0.3, 0.4) is 0 Å². The first-order chi connectivity index (χ1) is 12.5. The second-order valence-electron chi connectivity index (χ2n) is 6.63. The third-order valence-corrected chi connectivity index (χ3v) is 5.79. The van der Waals surface area contributed by atoms with Gasteiger partial charge in [-0.3, -0.25) is 4.79 Å². The Hall–Kier alpha value is -1.78. The minimum Gasteiger partial charge on any atom is -0.294 e. The first-order valence-corrected chi connectivity index (χ1v) is 10.7.